The summed E-state index contributed by atoms with van der Waals surface area (Å²) in [6.07, 6.45) is 0.473. The summed E-state index contributed by atoms with van der Waals surface area (Å²) >= 11 is 5.85. The summed E-state index contributed by atoms with van der Waals surface area (Å²) in [4.78, 5) is 50.6. The first-order valence-electron chi connectivity index (χ1n) is 8.71. The van der Waals surface area contributed by atoms with E-state index in [2.05, 4.69) is 11.9 Å². The highest BCUT2D eigenvalue weighted by molar-refractivity contribution is 6.35. The zero-order chi connectivity index (χ0) is 21.1. The van der Waals surface area contributed by atoms with Gasteiger partial charge in [-0.15, -0.1) is 6.58 Å². The molecule has 8 heteroatoms. The molecule has 0 unspecified atom stereocenters. The van der Waals surface area contributed by atoms with Crippen LogP contribution in [-0.2, 0) is 9.53 Å². The number of carbonyl (C=O) groups is 4. The van der Waals surface area contributed by atoms with Gasteiger partial charge in [0.25, 0.3) is 17.7 Å². The van der Waals surface area contributed by atoms with Gasteiger partial charge in [0, 0.05) is 11.6 Å². The molecule has 0 radical (unpaired) electrons. The molecule has 1 heterocycles. The Bertz CT molecular complexity index is 1020. The van der Waals surface area contributed by atoms with E-state index in [0.29, 0.717) is 10.7 Å². The molecule has 2 aromatic rings. The maximum Gasteiger partial charge on any atom is 0.338 e. The van der Waals surface area contributed by atoms with E-state index in [1.165, 1.54) is 31.2 Å². The van der Waals surface area contributed by atoms with E-state index in [1.807, 2.05) is 0 Å². The van der Waals surface area contributed by atoms with Crippen molar-refractivity contribution in [3.63, 3.8) is 0 Å². The van der Waals surface area contributed by atoms with Gasteiger partial charge >= 0.3 is 5.97 Å². The second-order valence-corrected chi connectivity index (χ2v) is 6.70. The third-order valence-electron chi connectivity index (χ3n) is 4.28. The highest BCUT2D eigenvalue weighted by Crippen LogP contribution is 2.30. The third-order valence-corrected chi connectivity index (χ3v) is 4.53. The maximum absolute atomic E-state index is 12.8. The summed E-state index contributed by atoms with van der Waals surface area (Å²) in [6, 6.07) is 10.3. The lowest BCUT2D eigenvalue weighted by Gasteiger charge is -2.13. The summed E-state index contributed by atoms with van der Waals surface area (Å²) < 4.78 is 5.13. The number of carbonyl (C=O) groups excluding carboxylic acids is 4. The smallest absolute Gasteiger partial charge is 0.338 e. The maximum atomic E-state index is 12.8. The Kier molecular flexibility index (Phi) is 5.79. The SMILES string of the molecule is C=CCNC(=O)[C@H](C)OC(=O)c1ccc2c(c1)C(=O)N(c1ccc(Cl)cc1)C2=O. The third kappa shape index (κ3) is 4.05. The summed E-state index contributed by atoms with van der Waals surface area (Å²) in [5.41, 5.74) is 0.699. The molecule has 0 saturated heterocycles. The molecule has 3 amide bonds. The van der Waals surface area contributed by atoms with Crippen molar-refractivity contribution in [3.8, 4) is 0 Å². The van der Waals surface area contributed by atoms with Crippen LogP contribution < -0.4 is 10.2 Å². The number of halogens is 1. The second-order valence-electron chi connectivity index (χ2n) is 6.26. The first-order chi connectivity index (χ1) is 13.8. The molecule has 0 aliphatic carbocycles. The Labute approximate surface area is 171 Å². The van der Waals surface area contributed by atoms with Gasteiger partial charge in [0.2, 0.25) is 0 Å². The van der Waals surface area contributed by atoms with Gasteiger partial charge in [-0.05, 0) is 49.4 Å². The molecule has 148 valence electrons. The van der Waals surface area contributed by atoms with Crippen LogP contribution in [0.3, 0.4) is 0 Å². The Morgan fingerprint density at radius 3 is 2.45 bits per heavy atom. The molecule has 29 heavy (non-hydrogen) atoms. The van der Waals surface area contributed by atoms with Crippen LogP contribution in [0.25, 0.3) is 0 Å². The number of hydrogen-bond acceptors (Lipinski definition) is 5. The van der Waals surface area contributed by atoms with Crippen molar-refractivity contribution in [3.05, 3.63) is 76.8 Å². The zero-order valence-corrected chi connectivity index (χ0v) is 16.2. The molecule has 1 atom stereocenters. The highest BCUT2D eigenvalue weighted by atomic mass is 35.5. The molecular weight excluding hydrogens is 396 g/mol. The number of nitrogens with zero attached hydrogens (tertiary/aromatic N) is 1. The number of rotatable bonds is 6. The molecule has 0 aromatic heterocycles. The Balaban J connectivity index is 1.80. The molecule has 0 spiro atoms. The van der Waals surface area contributed by atoms with Crippen molar-refractivity contribution in [1.29, 1.82) is 0 Å². The molecule has 2 aromatic carbocycles. The number of esters is 1. The second kappa shape index (κ2) is 8.28. The lowest BCUT2D eigenvalue weighted by atomic mass is 10.1. The van der Waals surface area contributed by atoms with Gasteiger partial charge < -0.3 is 10.1 Å². The fourth-order valence-electron chi connectivity index (χ4n) is 2.79. The van der Waals surface area contributed by atoms with Crippen molar-refractivity contribution in [2.45, 2.75) is 13.0 Å². The predicted octanol–water partition coefficient (Wildman–Crippen LogP) is 2.99. The van der Waals surface area contributed by atoms with Crippen LogP contribution in [0.4, 0.5) is 5.69 Å². The lowest BCUT2D eigenvalue weighted by Crippen LogP contribution is -2.35. The normalized spacial score (nSPS) is 13.7. The molecule has 3 rings (SSSR count). The van der Waals surface area contributed by atoms with Gasteiger partial charge in [0.1, 0.15) is 0 Å². The highest BCUT2D eigenvalue weighted by Gasteiger charge is 2.37. The molecular formula is C21H17ClN2O5. The van der Waals surface area contributed by atoms with Crippen molar-refractivity contribution in [2.24, 2.45) is 0 Å². The fourth-order valence-corrected chi connectivity index (χ4v) is 2.92. The summed E-state index contributed by atoms with van der Waals surface area (Å²) in [7, 11) is 0. The van der Waals surface area contributed by atoms with Gasteiger partial charge in [0.15, 0.2) is 6.10 Å². The fraction of sp³-hybridized carbons (Fsp3) is 0.143. The van der Waals surface area contributed by atoms with E-state index in [0.717, 1.165) is 4.90 Å². The number of anilines is 1. The summed E-state index contributed by atoms with van der Waals surface area (Å²) in [5.74, 6) is -2.30. The zero-order valence-electron chi connectivity index (χ0n) is 15.5. The van der Waals surface area contributed by atoms with Crippen molar-refractivity contribution in [2.75, 3.05) is 11.4 Å². The number of benzene rings is 2. The minimum atomic E-state index is -1.03. The van der Waals surface area contributed by atoms with Gasteiger partial charge in [0.05, 0.1) is 22.4 Å². The van der Waals surface area contributed by atoms with Gasteiger partial charge in [-0.25, -0.2) is 9.69 Å². The molecule has 1 aliphatic heterocycles. The average Bonchev–Trinajstić information content (AvgIpc) is 2.96. The number of hydrogen-bond donors (Lipinski definition) is 1. The predicted molar refractivity (Wildman–Crippen MR) is 107 cm³/mol. The molecule has 0 saturated carbocycles. The van der Waals surface area contributed by atoms with Crippen LogP contribution in [0.2, 0.25) is 5.02 Å². The van der Waals surface area contributed by atoms with Crippen LogP contribution in [0.1, 0.15) is 38.0 Å². The number of fused-ring (bicyclic) bond motifs is 1. The Hall–Kier alpha value is -3.45. The van der Waals surface area contributed by atoms with Crippen molar-refractivity contribution < 1.29 is 23.9 Å². The first-order valence-corrected chi connectivity index (χ1v) is 9.09. The van der Waals surface area contributed by atoms with E-state index in [9.17, 15) is 19.2 Å². The van der Waals surface area contributed by atoms with Crippen molar-refractivity contribution in [1.82, 2.24) is 5.32 Å². The monoisotopic (exact) mass is 412 g/mol. The first kappa shape index (κ1) is 20.3. The number of amides is 3. The van der Waals surface area contributed by atoms with Crippen LogP contribution in [0.15, 0.2) is 55.1 Å². The molecule has 1 N–H and O–H groups in total. The molecule has 0 bridgehead atoms. The lowest BCUT2D eigenvalue weighted by molar-refractivity contribution is -0.128. The standard InChI is InChI=1S/C21H17ClN2O5/c1-3-10-23-18(25)12(2)29-21(28)13-4-9-16-17(11-13)20(27)24(19(16)26)15-7-5-14(22)6-8-15/h3-9,11-12H,1,10H2,2H3,(H,23,25)/t12-/m0/s1. The van der Waals surface area contributed by atoms with E-state index in [4.69, 9.17) is 16.3 Å². The molecule has 7 nitrogen and oxygen atoms in total. The minimum Gasteiger partial charge on any atom is -0.449 e. The quantitative estimate of drug-likeness (QED) is 0.447. The van der Waals surface area contributed by atoms with Gasteiger partial charge in [-0.3, -0.25) is 14.4 Å². The van der Waals surface area contributed by atoms with Crippen LogP contribution in [0.5, 0.6) is 0 Å². The Morgan fingerprint density at radius 2 is 1.79 bits per heavy atom. The molecule has 0 fully saturated rings. The molecule has 1 aliphatic rings. The largest absolute Gasteiger partial charge is 0.449 e. The van der Waals surface area contributed by atoms with Crippen LogP contribution in [0, 0.1) is 0 Å². The number of ether oxygens (including phenoxy) is 1. The van der Waals surface area contributed by atoms with E-state index < -0.39 is 29.8 Å². The Morgan fingerprint density at radius 1 is 1.14 bits per heavy atom. The summed E-state index contributed by atoms with van der Waals surface area (Å²) in [5, 5.41) is 3.00. The minimum absolute atomic E-state index is 0.0613. The van der Waals surface area contributed by atoms with Gasteiger partial charge in [-0.2, -0.15) is 0 Å². The number of imide groups is 1. The number of nitrogens with one attached hydrogen (secondary N) is 1. The average molecular weight is 413 g/mol. The van der Waals surface area contributed by atoms with Crippen molar-refractivity contribution >= 4 is 41.0 Å². The van der Waals surface area contributed by atoms with E-state index in [1.54, 1.807) is 24.3 Å². The topological polar surface area (TPSA) is 92.8 Å². The summed E-state index contributed by atoms with van der Waals surface area (Å²) in [6.45, 7) is 5.16. The van der Waals surface area contributed by atoms with Crippen LogP contribution in [-0.4, -0.2) is 36.3 Å². The van der Waals surface area contributed by atoms with Crippen LogP contribution >= 0.6 is 11.6 Å². The van der Waals surface area contributed by atoms with Gasteiger partial charge in [-0.1, -0.05) is 17.7 Å². The van der Waals surface area contributed by atoms with E-state index >= 15 is 0 Å². The van der Waals surface area contributed by atoms with E-state index in [-0.39, 0.29) is 23.2 Å².